The number of carbonyl (C=O) groups is 3. The number of nitrogens with one attached hydrogen (secondary N) is 2. The van der Waals surface area contributed by atoms with Gasteiger partial charge in [0.2, 0.25) is 0 Å². The van der Waals surface area contributed by atoms with Crippen molar-refractivity contribution in [3.8, 4) is 0 Å². The van der Waals surface area contributed by atoms with Crippen LogP contribution in [0, 0.1) is 0 Å². The molecule has 10 heteroatoms. The van der Waals surface area contributed by atoms with Crippen LogP contribution in [0.1, 0.15) is 29.3 Å². The van der Waals surface area contributed by atoms with Gasteiger partial charge in [-0.1, -0.05) is 19.1 Å². The average molecular weight is 376 g/mol. The van der Waals surface area contributed by atoms with E-state index in [1.165, 1.54) is 24.3 Å². The third kappa shape index (κ3) is 9.02. The van der Waals surface area contributed by atoms with Gasteiger partial charge in [0.15, 0.2) is 6.61 Å². The fourth-order valence-electron chi connectivity index (χ4n) is 1.68. The molecule has 1 aromatic rings. The summed E-state index contributed by atoms with van der Waals surface area (Å²) in [6, 6.07) is 4.80. The second kappa shape index (κ2) is 10.4. The van der Waals surface area contributed by atoms with Crippen LogP contribution >= 0.6 is 0 Å². The number of benzene rings is 1. The van der Waals surface area contributed by atoms with Crippen LogP contribution in [-0.4, -0.2) is 43.8 Å². The predicted octanol–water partition coefficient (Wildman–Crippen LogP) is 2.16. The van der Waals surface area contributed by atoms with Gasteiger partial charge >= 0.3 is 18.2 Å². The van der Waals surface area contributed by atoms with E-state index in [4.69, 9.17) is 4.74 Å². The molecule has 3 amide bonds. The number of hydrogen-bond donors (Lipinski definition) is 2. The van der Waals surface area contributed by atoms with Crippen molar-refractivity contribution < 1.29 is 37.0 Å². The van der Waals surface area contributed by atoms with Crippen molar-refractivity contribution in [3.05, 3.63) is 35.4 Å². The van der Waals surface area contributed by atoms with Crippen LogP contribution in [0.4, 0.5) is 18.0 Å². The van der Waals surface area contributed by atoms with Crippen molar-refractivity contribution in [2.75, 3.05) is 19.8 Å². The highest BCUT2D eigenvalue weighted by Gasteiger charge is 2.27. The number of esters is 1. The summed E-state index contributed by atoms with van der Waals surface area (Å²) in [7, 11) is 0. The van der Waals surface area contributed by atoms with Crippen LogP contribution in [0.15, 0.2) is 24.3 Å². The molecule has 0 unspecified atom stereocenters. The molecule has 144 valence electrons. The maximum absolute atomic E-state index is 12.0. The molecule has 2 N–H and O–H groups in total. The predicted molar refractivity (Wildman–Crippen MR) is 84.3 cm³/mol. The van der Waals surface area contributed by atoms with Crippen LogP contribution in [0.2, 0.25) is 0 Å². The third-order valence-corrected chi connectivity index (χ3v) is 2.85. The number of ether oxygens (including phenoxy) is 2. The molecule has 0 saturated heterocycles. The molecule has 7 nitrogen and oxygen atoms in total. The van der Waals surface area contributed by atoms with E-state index in [9.17, 15) is 27.6 Å². The molecule has 0 heterocycles. The minimum atomic E-state index is -4.40. The molecule has 0 atom stereocenters. The molecule has 0 fully saturated rings. The Hall–Kier alpha value is -2.62. The molecule has 0 aliphatic rings. The Labute approximate surface area is 147 Å². The van der Waals surface area contributed by atoms with Crippen molar-refractivity contribution in [2.45, 2.75) is 26.1 Å². The Bertz CT molecular complexity index is 617. The third-order valence-electron chi connectivity index (χ3n) is 2.85. The van der Waals surface area contributed by atoms with Crippen molar-refractivity contribution >= 4 is 17.9 Å². The summed E-state index contributed by atoms with van der Waals surface area (Å²) in [5.41, 5.74) is 0.545. The van der Waals surface area contributed by atoms with Crippen molar-refractivity contribution in [1.29, 1.82) is 0 Å². The van der Waals surface area contributed by atoms with E-state index in [1.54, 1.807) is 0 Å². The number of halogens is 3. The summed E-state index contributed by atoms with van der Waals surface area (Å²) in [6.07, 6.45) is -3.70. The highest BCUT2D eigenvalue weighted by atomic mass is 19.4. The number of hydrogen-bond acceptors (Lipinski definition) is 5. The monoisotopic (exact) mass is 376 g/mol. The van der Waals surface area contributed by atoms with Gasteiger partial charge in [0.1, 0.15) is 6.61 Å². The number of urea groups is 1. The molecule has 0 saturated carbocycles. The first-order chi connectivity index (χ1) is 12.2. The first kappa shape index (κ1) is 21.4. The second-order valence-electron chi connectivity index (χ2n) is 5.19. The lowest BCUT2D eigenvalue weighted by Crippen LogP contribution is -2.41. The van der Waals surface area contributed by atoms with Crippen LogP contribution < -0.4 is 10.6 Å². The molecule has 0 radical (unpaired) electrons. The Morgan fingerprint density at radius 2 is 1.77 bits per heavy atom. The minimum Gasteiger partial charge on any atom is -0.452 e. The van der Waals surface area contributed by atoms with Gasteiger partial charge in [-0.05, 0) is 24.1 Å². The Kier molecular flexibility index (Phi) is 8.56. The molecule has 0 aromatic heterocycles. The quantitative estimate of drug-likeness (QED) is 0.678. The normalized spacial score (nSPS) is 10.9. The lowest BCUT2D eigenvalue weighted by Gasteiger charge is -2.08. The molecule has 0 bridgehead atoms. The highest BCUT2D eigenvalue weighted by Crippen LogP contribution is 2.16. The molecule has 0 aliphatic heterocycles. The topological polar surface area (TPSA) is 93.7 Å². The van der Waals surface area contributed by atoms with E-state index in [0.29, 0.717) is 18.5 Å². The van der Waals surface area contributed by atoms with E-state index in [-0.39, 0.29) is 12.2 Å². The van der Waals surface area contributed by atoms with Gasteiger partial charge in [0.25, 0.3) is 5.91 Å². The van der Waals surface area contributed by atoms with Crippen molar-refractivity contribution in [2.24, 2.45) is 0 Å². The molecule has 0 aliphatic carbocycles. The van der Waals surface area contributed by atoms with E-state index in [1.807, 2.05) is 12.2 Å². The Morgan fingerprint density at radius 3 is 2.35 bits per heavy atom. The number of imide groups is 1. The first-order valence-corrected chi connectivity index (χ1v) is 7.69. The maximum Gasteiger partial charge on any atom is 0.411 e. The van der Waals surface area contributed by atoms with E-state index >= 15 is 0 Å². The molecule has 1 rings (SSSR count). The largest absolute Gasteiger partial charge is 0.452 e. The maximum atomic E-state index is 12.0. The van der Waals surface area contributed by atoms with Gasteiger partial charge in [-0.15, -0.1) is 0 Å². The smallest absolute Gasteiger partial charge is 0.411 e. The van der Waals surface area contributed by atoms with Crippen LogP contribution in [0.25, 0.3) is 0 Å². The van der Waals surface area contributed by atoms with Crippen LogP contribution in [0.5, 0.6) is 0 Å². The summed E-state index contributed by atoms with van der Waals surface area (Å²) >= 11 is 0. The van der Waals surface area contributed by atoms with Crippen LogP contribution in [-0.2, 0) is 20.9 Å². The van der Waals surface area contributed by atoms with Gasteiger partial charge in [-0.3, -0.25) is 10.1 Å². The molecular weight excluding hydrogens is 357 g/mol. The number of carbonyl (C=O) groups excluding carboxylic acids is 3. The van der Waals surface area contributed by atoms with Crippen LogP contribution in [0.3, 0.4) is 0 Å². The average Bonchev–Trinajstić information content (AvgIpc) is 2.57. The molecule has 1 aromatic carbocycles. The second-order valence-corrected chi connectivity index (χ2v) is 5.19. The first-order valence-electron chi connectivity index (χ1n) is 7.69. The summed E-state index contributed by atoms with van der Waals surface area (Å²) in [5, 5.41) is 4.41. The van der Waals surface area contributed by atoms with E-state index < -0.39 is 37.3 Å². The lowest BCUT2D eigenvalue weighted by atomic mass is 10.1. The highest BCUT2D eigenvalue weighted by molar-refractivity contribution is 5.96. The molecule has 0 spiro atoms. The summed E-state index contributed by atoms with van der Waals surface area (Å²) in [5.74, 6) is -1.60. The SMILES string of the molecule is CCCNC(=O)NC(=O)COC(=O)c1ccc(COCC(F)(F)F)cc1. The summed E-state index contributed by atoms with van der Waals surface area (Å²) in [6.45, 7) is -0.0216. The summed E-state index contributed by atoms with van der Waals surface area (Å²) in [4.78, 5) is 34.5. The zero-order chi connectivity index (χ0) is 19.6. The van der Waals surface area contributed by atoms with Crippen molar-refractivity contribution in [3.63, 3.8) is 0 Å². The van der Waals surface area contributed by atoms with Crippen molar-refractivity contribution in [1.82, 2.24) is 10.6 Å². The fourth-order valence-corrected chi connectivity index (χ4v) is 1.68. The zero-order valence-corrected chi connectivity index (χ0v) is 14.0. The van der Waals surface area contributed by atoms with Gasteiger partial charge in [-0.2, -0.15) is 13.2 Å². The fraction of sp³-hybridized carbons (Fsp3) is 0.438. The van der Waals surface area contributed by atoms with Gasteiger partial charge in [0, 0.05) is 6.54 Å². The zero-order valence-electron chi connectivity index (χ0n) is 14.0. The number of amides is 3. The molecule has 26 heavy (non-hydrogen) atoms. The van der Waals surface area contributed by atoms with Gasteiger partial charge in [0.05, 0.1) is 12.2 Å². The Morgan fingerprint density at radius 1 is 1.12 bits per heavy atom. The van der Waals surface area contributed by atoms with Gasteiger partial charge < -0.3 is 14.8 Å². The number of alkyl halides is 3. The van der Waals surface area contributed by atoms with E-state index in [0.717, 1.165) is 0 Å². The lowest BCUT2D eigenvalue weighted by molar-refractivity contribution is -0.176. The molecular formula is C16H19F3N2O5. The standard InChI is InChI=1S/C16H19F3N2O5/c1-2-7-20-15(24)21-13(22)9-26-14(23)12-5-3-11(4-6-12)8-25-10-16(17,18)19/h3-6H,2,7-10H2,1H3,(H2,20,21,22,24). The number of rotatable bonds is 8. The minimum absolute atomic E-state index is 0.104. The summed E-state index contributed by atoms with van der Waals surface area (Å²) < 4.78 is 45.2. The van der Waals surface area contributed by atoms with Gasteiger partial charge in [-0.25, -0.2) is 9.59 Å². The Balaban J connectivity index is 2.38. The van der Waals surface area contributed by atoms with E-state index in [2.05, 4.69) is 10.1 Å².